The van der Waals surface area contributed by atoms with E-state index in [0.29, 0.717) is 26.1 Å². The van der Waals surface area contributed by atoms with Crippen LogP contribution in [0.1, 0.15) is 97.3 Å². The molecule has 23 heavy (non-hydrogen) atoms. The molecule has 0 rings (SSSR count). The van der Waals surface area contributed by atoms with Gasteiger partial charge >= 0.3 is 11.9 Å². The van der Waals surface area contributed by atoms with Crippen LogP contribution in [0.25, 0.3) is 0 Å². The minimum absolute atomic E-state index is 0.107. The van der Waals surface area contributed by atoms with Crippen molar-refractivity contribution in [3.8, 4) is 0 Å². The lowest BCUT2D eigenvalue weighted by Crippen LogP contribution is -2.06. The molecule has 0 aliphatic rings. The second kappa shape index (κ2) is 17.3. The first-order valence-electron chi connectivity index (χ1n) is 9.52. The fraction of sp³-hybridized carbons (Fsp3) is 0.895. The van der Waals surface area contributed by atoms with Crippen LogP contribution >= 0.6 is 0 Å². The summed E-state index contributed by atoms with van der Waals surface area (Å²) in [4.78, 5) is 22.8. The van der Waals surface area contributed by atoms with Crippen LogP contribution in [-0.2, 0) is 19.1 Å². The van der Waals surface area contributed by atoms with Crippen LogP contribution < -0.4 is 0 Å². The molecule has 0 heterocycles. The summed E-state index contributed by atoms with van der Waals surface area (Å²) in [6.45, 7) is 5.25. The fourth-order valence-electron chi connectivity index (χ4n) is 2.32. The first-order chi connectivity index (χ1) is 11.2. The third kappa shape index (κ3) is 17.1. The summed E-state index contributed by atoms with van der Waals surface area (Å²) in [6.07, 6.45) is 12.8. The highest BCUT2D eigenvalue weighted by Crippen LogP contribution is 2.08. The highest BCUT2D eigenvalue weighted by Gasteiger charge is 2.05. The topological polar surface area (TPSA) is 52.6 Å². The maximum absolute atomic E-state index is 11.5. The lowest BCUT2D eigenvalue weighted by molar-refractivity contribution is -0.144. The SMILES string of the molecule is CCCCCCCCCOC(=O)CCCCCC(=O)OCCC. The summed E-state index contributed by atoms with van der Waals surface area (Å²) < 4.78 is 10.2. The normalized spacial score (nSPS) is 10.5. The van der Waals surface area contributed by atoms with Gasteiger partial charge in [0.2, 0.25) is 0 Å². The number of carbonyl (C=O) groups is 2. The Morgan fingerprint density at radius 3 is 1.61 bits per heavy atom. The van der Waals surface area contributed by atoms with Crippen molar-refractivity contribution in [3.63, 3.8) is 0 Å². The molecular weight excluding hydrogens is 292 g/mol. The van der Waals surface area contributed by atoms with Gasteiger partial charge in [0.05, 0.1) is 13.2 Å². The number of ether oxygens (including phenoxy) is 2. The van der Waals surface area contributed by atoms with Crippen LogP contribution in [-0.4, -0.2) is 25.2 Å². The van der Waals surface area contributed by atoms with E-state index in [0.717, 1.165) is 38.5 Å². The number of esters is 2. The van der Waals surface area contributed by atoms with E-state index in [2.05, 4.69) is 6.92 Å². The van der Waals surface area contributed by atoms with E-state index < -0.39 is 0 Å². The first-order valence-corrected chi connectivity index (χ1v) is 9.52. The maximum Gasteiger partial charge on any atom is 0.305 e. The molecule has 0 spiro atoms. The Balaban J connectivity index is 3.26. The smallest absolute Gasteiger partial charge is 0.305 e. The molecule has 0 unspecified atom stereocenters. The van der Waals surface area contributed by atoms with Crippen molar-refractivity contribution in [1.82, 2.24) is 0 Å². The van der Waals surface area contributed by atoms with Crippen molar-refractivity contribution < 1.29 is 19.1 Å². The number of carbonyl (C=O) groups excluding carboxylic acids is 2. The summed E-state index contributed by atoms with van der Waals surface area (Å²) in [6, 6.07) is 0. The van der Waals surface area contributed by atoms with Crippen LogP contribution in [0.5, 0.6) is 0 Å². The van der Waals surface area contributed by atoms with Crippen molar-refractivity contribution >= 4 is 11.9 Å². The van der Waals surface area contributed by atoms with Gasteiger partial charge in [-0.1, -0.05) is 58.8 Å². The molecule has 0 aliphatic carbocycles. The quantitative estimate of drug-likeness (QED) is 0.289. The van der Waals surface area contributed by atoms with Gasteiger partial charge in [-0.15, -0.1) is 0 Å². The summed E-state index contributed by atoms with van der Waals surface area (Å²) >= 11 is 0. The summed E-state index contributed by atoms with van der Waals surface area (Å²) in [5.74, 6) is -0.238. The van der Waals surface area contributed by atoms with Gasteiger partial charge in [0.1, 0.15) is 0 Å². The largest absolute Gasteiger partial charge is 0.466 e. The zero-order chi connectivity index (χ0) is 17.2. The lowest BCUT2D eigenvalue weighted by atomic mass is 10.1. The summed E-state index contributed by atoms with van der Waals surface area (Å²) in [5.41, 5.74) is 0. The molecule has 0 radical (unpaired) electrons. The number of unbranched alkanes of at least 4 members (excludes halogenated alkanes) is 8. The Kier molecular flexibility index (Phi) is 16.5. The van der Waals surface area contributed by atoms with Crippen LogP contribution in [0.3, 0.4) is 0 Å². The highest BCUT2D eigenvalue weighted by atomic mass is 16.5. The third-order valence-electron chi connectivity index (χ3n) is 3.74. The van der Waals surface area contributed by atoms with Gasteiger partial charge in [-0.3, -0.25) is 9.59 Å². The molecule has 0 aliphatic heterocycles. The molecule has 4 nitrogen and oxygen atoms in total. The van der Waals surface area contributed by atoms with Gasteiger partial charge in [-0.25, -0.2) is 0 Å². The van der Waals surface area contributed by atoms with Crippen molar-refractivity contribution in [3.05, 3.63) is 0 Å². The van der Waals surface area contributed by atoms with Gasteiger partial charge in [0.15, 0.2) is 0 Å². The molecule has 0 bridgehead atoms. The van der Waals surface area contributed by atoms with Crippen molar-refractivity contribution in [2.24, 2.45) is 0 Å². The van der Waals surface area contributed by atoms with Gasteiger partial charge < -0.3 is 9.47 Å². The van der Waals surface area contributed by atoms with Crippen LogP contribution in [0.15, 0.2) is 0 Å². The molecule has 0 fully saturated rings. The Bertz CT molecular complexity index is 289. The second-order valence-corrected chi connectivity index (χ2v) is 6.12. The second-order valence-electron chi connectivity index (χ2n) is 6.12. The maximum atomic E-state index is 11.5. The zero-order valence-corrected chi connectivity index (χ0v) is 15.2. The van der Waals surface area contributed by atoms with Crippen molar-refractivity contribution in [1.29, 1.82) is 0 Å². The first kappa shape index (κ1) is 21.9. The minimum Gasteiger partial charge on any atom is -0.466 e. The molecule has 0 amide bonds. The molecule has 0 atom stereocenters. The van der Waals surface area contributed by atoms with E-state index in [4.69, 9.17) is 9.47 Å². The molecular formula is C19H36O4. The molecule has 0 aromatic rings. The Morgan fingerprint density at radius 1 is 0.565 bits per heavy atom. The molecule has 0 N–H and O–H groups in total. The van der Waals surface area contributed by atoms with Gasteiger partial charge in [0, 0.05) is 12.8 Å². The monoisotopic (exact) mass is 328 g/mol. The molecule has 0 aromatic carbocycles. The predicted molar refractivity (Wildman–Crippen MR) is 93.3 cm³/mol. The average Bonchev–Trinajstić information content (AvgIpc) is 2.55. The van der Waals surface area contributed by atoms with Crippen LogP contribution in [0.2, 0.25) is 0 Å². The van der Waals surface area contributed by atoms with E-state index in [1.165, 1.54) is 32.1 Å². The van der Waals surface area contributed by atoms with E-state index in [1.807, 2.05) is 6.92 Å². The standard InChI is InChI=1S/C19H36O4/c1-3-5-6-7-8-9-13-17-23-19(21)15-12-10-11-14-18(20)22-16-4-2/h3-17H2,1-2H3. The zero-order valence-electron chi connectivity index (χ0n) is 15.2. The van der Waals surface area contributed by atoms with Crippen LogP contribution in [0, 0.1) is 0 Å². The number of rotatable bonds is 16. The van der Waals surface area contributed by atoms with E-state index in [-0.39, 0.29) is 11.9 Å². The molecule has 0 aromatic heterocycles. The summed E-state index contributed by atoms with van der Waals surface area (Å²) in [5, 5.41) is 0. The van der Waals surface area contributed by atoms with Gasteiger partial charge in [0.25, 0.3) is 0 Å². The predicted octanol–water partition coefficient (Wildman–Crippen LogP) is 5.18. The summed E-state index contributed by atoms with van der Waals surface area (Å²) in [7, 11) is 0. The lowest BCUT2D eigenvalue weighted by Gasteiger charge is -2.05. The van der Waals surface area contributed by atoms with E-state index in [9.17, 15) is 9.59 Å². The Labute approximate surface area is 142 Å². The Hall–Kier alpha value is -1.06. The minimum atomic E-state index is -0.131. The molecule has 0 saturated heterocycles. The molecule has 0 saturated carbocycles. The average molecular weight is 328 g/mol. The Morgan fingerprint density at radius 2 is 1.04 bits per heavy atom. The van der Waals surface area contributed by atoms with E-state index in [1.54, 1.807) is 0 Å². The van der Waals surface area contributed by atoms with Gasteiger partial charge in [-0.2, -0.15) is 0 Å². The number of hydrogen-bond acceptors (Lipinski definition) is 4. The van der Waals surface area contributed by atoms with Crippen LogP contribution in [0.4, 0.5) is 0 Å². The fourth-order valence-corrected chi connectivity index (χ4v) is 2.32. The van der Waals surface area contributed by atoms with E-state index >= 15 is 0 Å². The molecule has 4 heteroatoms. The number of hydrogen-bond donors (Lipinski definition) is 0. The third-order valence-corrected chi connectivity index (χ3v) is 3.74. The van der Waals surface area contributed by atoms with Gasteiger partial charge in [-0.05, 0) is 25.7 Å². The van der Waals surface area contributed by atoms with Crippen molar-refractivity contribution in [2.45, 2.75) is 97.3 Å². The molecule has 136 valence electrons. The van der Waals surface area contributed by atoms with Crippen molar-refractivity contribution in [2.75, 3.05) is 13.2 Å². The highest BCUT2D eigenvalue weighted by molar-refractivity contribution is 5.69.